The fourth-order valence-electron chi connectivity index (χ4n) is 1.66. The quantitative estimate of drug-likeness (QED) is 0.828. The molecule has 0 amide bonds. The minimum Gasteiger partial charge on any atom is -0.481 e. The highest BCUT2D eigenvalue weighted by Gasteiger charge is 2.20. The zero-order valence-corrected chi connectivity index (χ0v) is 9.27. The van der Waals surface area contributed by atoms with Gasteiger partial charge in [-0.05, 0) is 36.1 Å². The first-order chi connectivity index (χ1) is 7.41. The van der Waals surface area contributed by atoms with E-state index >= 15 is 0 Å². The Hall–Kier alpha value is -1.42. The number of carbonyl (C=O) groups is 1. The lowest BCUT2D eigenvalue weighted by Crippen LogP contribution is -2.14. The van der Waals surface area contributed by atoms with Gasteiger partial charge in [-0.15, -0.1) is 0 Å². The van der Waals surface area contributed by atoms with Crippen molar-refractivity contribution in [2.24, 2.45) is 5.92 Å². The van der Waals surface area contributed by atoms with Crippen LogP contribution in [0.15, 0.2) is 18.2 Å². The number of rotatable bonds is 4. The third kappa shape index (κ3) is 3.03. The van der Waals surface area contributed by atoms with Crippen molar-refractivity contribution in [3.8, 4) is 0 Å². The molecule has 0 aliphatic carbocycles. The van der Waals surface area contributed by atoms with Crippen molar-refractivity contribution in [1.82, 2.24) is 0 Å². The fourth-order valence-corrected chi connectivity index (χ4v) is 1.66. The minimum absolute atomic E-state index is 0.113. The van der Waals surface area contributed by atoms with Gasteiger partial charge in [0.05, 0.1) is 12.5 Å². The molecule has 16 heavy (non-hydrogen) atoms. The second-order valence-electron chi connectivity index (χ2n) is 4.02. The first kappa shape index (κ1) is 12.6. The Bertz CT molecular complexity index is 390. The normalized spacial score (nSPS) is 14.5. The number of aliphatic hydroxyl groups excluding tert-OH is 1. The standard InChI is InChI=1S/C12H15FO3/c1-7-5-9(13)3-4-10(7)12(16)8(2)6-11(14)15/h3-5,8,12,16H,6H2,1-2H3,(H,14,15). The van der Waals surface area contributed by atoms with Crippen molar-refractivity contribution in [1.29, 1.82) is 0 Å². The average molecular weight is 226 g/mol. The number of halogens is 1. The van der Waals surface area contributed by atoms with Crippen LogP contribution in [0, 0.1) is 18.7 Å². The molecule has 0 bridgehead atoms. The second-order valence-corrected chi connectivity index (χ2v) is 4.02. The van der Waals surface area contributed by atoms with E-state index in [4.69, 9.17) is 5.11 Å². The van der Waals surface area contributed by atoms with Crippen LogP contribution >= 0.6 is 0 Å². The van der Waals surface area contributed by atoms with Crippen LogP contribution in [0.3, 0.4) is 0 Å². The largest absolute Gasteiger partial charge is 0.481 e. The second kappa shape index (κ2) is 5.07. The number of carboxylic acids is 1. The van der Waals surface area contributed by atoms with Crippen LogP contribution < -0.4 is 0 Å². The summed E-state index contributed by atoms with van der Waals surface area (Å²) in [5.41, 5.74) is 1.21. The molecule has 0 saturated carbocycles. The lowest BCUT2D eigenvalue weighted by atomic mass is 9.92. The van der Waals surface area contributed by atoms with Crippen LogP contribution in [-0.4, -0.2) is 16.2 Å². The Morgan fingerprint density at radius 3 is 2.62 bits per heavy atom. The van der Waals surface area contributed by atoms with E-state index in [1.165, 1.54) is 18.2 Å². The maximum absolute atomic E-state index is 12.8. The molecule has 2 atom stereocenters. The number of aliphatic hydroxyl groups is 1. The molecule has 0 aliphatic heterocycles. The third-order valence-corrected chi connectivity index (χ3v) is 2.59. The molecule has 3 nitrogen and oxygen atoms in total. The van der Waals surface area contributed by atoms with Crippen molar-refractivity contribution in [3.63, 3.8) is 0 Å². The van der Waals surface area contributed by atoms with Gasteiger partial charge in [0.15, 0.2) is 0 Å². The Kier molecular flexibility index (Phi) is 4.01. The molecule has 4 heteroatoms. The molecule has 88 valence electrons. The lowest BCUT2D eigenvalue weighted by Gasteiger charge is -2.19. The summed E-state index contributed by atoms with van der Waals surface area (Å²) < 4.78 is 12.8. The van der Waals surface area contributed by atoms with Gasteiger partial charge < -0.3 is 10.2 Å². The third-order valence-electron chi connectivity index (χ3n) is 2.59. The maximum atomic E-state index is 12.8. The summed E-state index contributed by atoms with van der Waals surface area (Å²) in [5, 5.41) is 18.5. The molecular weight excluding hydrogens is 211 g/mol. The molecular formula is C12H15FO3. The summed E-state index contributed by atoms with van der Waals surface area (Å²) in [5.74, 6) is -1.72. The molecule has 0 aliphatic rings. The average Bonchev–Trinajstić information content (AvgIpc) is 2.15. The van der Waals surface area contributed by atoms with Gasteiger partial charge in [-0.2, -0.15) is 0 Å². The van der Waals surface area contributed by atoms with Gasteiger partial charge in [-0.25, -0.2) is 4.39 Å². The number of carboxylic acid groups (broad SMARTS) is 1. The number of aryl methyl sites for hydroxylation is 1. The van der Waals surface area contributed by atoms with Crippen LogP contribution in [0.5, 0.6) is 0 Å². The van der Waals surface area contributed by atoms with E-state index < -0.39 is 18.0 Å². The van der Waals surface area contributed by atoms with Crippen molar-refractivity contribution >= 4 is 5.97 Å². The number of hydrogen-bond acceptors (Lipinski definition) is 2. The van der Waals surface area contributed by atoms with Crippen LogP contribution in [0.25, 0.3) is 0 Å². The summed E-state index contributed by atoms with van der Waals surface area (Å²) in [6, 6.07) is 4.08. The van der Waals surface area contributed by atoms with Gasteiger partial charge in [-0.3, -0.25) is 4.79 Å². The van der Waals surface area contributed by atoms with Gasteiger partial charge in [0.1, 0.15) is 5.82 Å². The van der Waals surface area contributed by atoms with Gasteiger partial charge in [-0.1, -0.05) is 13.0 Å². The van der Waals surface area contributed by atoms with E-state index in [-0.39, 0.29) is 12.2 Å². The van der Waals surface area contributed by atoms with E-state index in [9.17, 15) is 14.3 Å². The van der Waals surface area contributed by atoms with Crippen molar-refractivity contribution in [2.75, 3.05) is 0 Å². The first-order valence-corrected chi connectivity index (χ1v) is 5.07. The van der Waals surface area contributed by atoms with E-state index in [0.717, 1.165) is 0 Å². The molecule has 1 aromatic carbocycles. The van der Waals surface area contributed by atoms with E-state index in [2.05, 4.69) is 0 Å². The summed E-state index contributed by atoms with van der Waals surface area (Å²) >= 11 is 0. The number of benzene rings is 1. The molecule has 2 unspecified atom stereocenters. The van der Waals surface area contributed by atoms with E-state index in [1.54, 1.807) is 13.8 Å². The molecule has 0 fully saturated rings. The van der Waals surface area contributed by atoms with Crippen LogP contribution in [0.1, 0.15) is 30.6 Å². The predicted octanol–water partition coefficient (Wildman–Crippen LogP) is 2.28. The van der Waals surface area contributed by atoms with Crippen molar-refractivity contribution < 1.29 is 19.4 Å². The van der Waals surface area contributed by atoms with Gasteiger partial charge in [0.2, 0.25) is 0 Å². The molecule has 1 rings (SSSR count). The highest BCUT2D eigenvalue weighted by atomic mass is 19.1. The monoisotopic (exact) mass is 226 g/mol. The summed E-state index contributed by atoms with van der Waals surface area (Å²) in [4.78, 5) is 10.5. The lowest BCUT2D eigenvalue weighted by molar-refractivity contribution is -0.139. The van der Waals surface area contributed by atoms with Crippen LogP contribution in [0.4, 0.5) is 4.39 Å². The molecule has 0 radical (unpaired) electrons. The first-order valence-electron chi connectivity index (χ1n) is 5.07. The Morgan fingerprint density at radius 1 is 1.50 bits per heavy atom. The fraction of sp³-hybridized carbons (Fsp3) is 0.417. The van der Waals surface area contributed by atoms with Gasteiger partial charge in [0, 0.05) is 0 Å². The number of aliphatic carboxylic acids is 1. The molecule has 0 heterocycles. The smallest absolute Gasteiger partial charge is 0.303 e. The van der Waals surface area contributed by atoms with Gasteiger partial charge in [0.25, 0.3) is 0 Å². The Morgan fingerprint density at radius 2 is 2.12 bits per heavy atom. The Labute approximate surface area is 93.5 Å². The van der Waals surface area contributed by atoms with Crippen LogP contribution in [-0.2, 0) is 4.79 Å². The molecule has 1 aromatic rings. The predicted molar refractivity (Wildman–Crippen MR) is 57.5 cm³/mol. The van der Waals surface area contributed by atoms with E-state index in [1.807, 2.05) is 0 Å². The molecule has 0 aromatic heterocycles. The van der Waals surface area contributed by atoms with Crippen LogP contribution in [0.2, 0.25) is 0 Å². The highest BCUT2D eigenvalue weighted by molar-refractivity contribution is 5.67. The summed E-state index contributed by atoms with van der Waals surface area (Å²) in [6.45, 7) is 3.34. The zero-order chi connectivity index (χ0) is 12.3. The highest BCUT2D eigenvalue weighted by Crippen LogP contribution is 2.27. The summed E-state index contributed by atoms with van der Waals surface area (Å²) in [7, 11) is 0. The topological polar surface area (TPSA) is 57.5 Å². The van der Waals surface area contributed by atoms with E-state index in [0.29, 0.717) is 11.1 Å². The van der Waals surface area contributed by atoms with Crippen molar-refractivity contribution in [3.05, 3.63) is 35.1 Å². The van der Waals surface area contributed by atoms with Gasteiger partial charge >= 0.3 is 5.97 Å². The number of hydrogen-bond donors (Lipinski definition) is 2. The molecule has 0 spiro atoms. The zero-order valence-electron chi connectivity index (χ0n) is 9.27. The molecule has 0 saturated heterocycles. The minimum atomic E-state index is -0.952. The maximum Gasteiger partial charge on any atom is 0.303 e. The molecule has 2 N–H and O–H groups in total. The van der Waals surface area contributed by atoms with Crippen molar-refractivity contribution in [2.45, 2.75) is 26.4 Å². The SMILES string of the molecule is Cc1cc(F)ccc1C(O)C(C)CC(=O)O. The Balaban J connectivity index is 2.87. The summed E-state index contributed by atoms with van der Waals surface area (Å²) in [6.07, 6.45) is -0.991.